The molecule has 144 valence electrons. The Morgan fingerprint density at radius 2 is 2.00 bits per heavy atom. The van der Waals surface area contributed by atoms with Gasteiger partial charge in [-0.15, -0.1) is 0 Å². The summed E-state index contributed by atoms with van der Waals surface area (Å²) in [6, 6.07) is 3.51. The number of amides is 1. The summed E-state index contributed by atoms with van der Waals surface area (Å²) in [4.78, 5) is 24.7. The van der Waals surface area contributed by atoms with E-state index in [9.17, 15) is 13.6 Å². The number of carbonyl (C=O) groups excluding carboxylic acids is 1. The first kappa shape index (κ1) is 18.0. The Kier molecular flexibility index (Phi) is 4.46. The predicted molar refractivity (Wildman–Crippen MR) is 98.4 cm³/mol. The Bertz CT molecular complexity index is 1030. The van der Waals surface area contributed by atoms with Gasteiger partial charge in [-0.1, -0.05) is 0 Å². The van der Waals surface area contributed by atoms with Crippen LogP contribution in [0.4, 0.5) is 26.2 Å². The Labute approximate surface area is 159 Å². The molecule has 10 heteroatoms. The van der Waals surface area contributed by atoms with Crippen molar-refractivity contribution >= 4 is 23.4 Å². The molecule has 3 heterocycles. The fourth-order valence-corrected chi connectivity index (χ4v) is 2.77. The highest BCUT2D eigenvalue weighted by Crippen LogP contribution is 2.38. The van der Waals surface area contributed by atoms with Crippen LogP contribution in [0.1, 0.15) is 5.56 Å². The molecule has 8 nitrogen and oxygen atoms in total. The van der Waals surface area contributed by atoms with Crippen LogP contribution in [-0.2, 0) is 11.8 Å². The number of nitrogens with zero attached hydrogens (tertiary/aromatic N) is 5. The van der Waals surface area contributed by atoms with Gasteiger partial charge in [0.05, 0.1) is 17.6 Å². The molecule has 0 saturated heterocycles. The van der Waals surface area contributed by atoms with E-state index in [1.807, 2.05) is 7.05 Å². The summed E-state index contributed by atoms with van der Waals surface area (Å²) in [5.41, 5.74) is 2.75. The maximum absolute atomic E-state index is 13.0. The zero-order valence-corrected chi connectivity index (χ0v) is 15.1. The van der Waals surface area contributed by atoms with Crippen molar-refractivity contribution in [3.63, 3.8) is 0 Å². The molecule has 28 heavy (non-hydrogen) atoms. The Morgan fingerprint density at radius 3 is 2.64 bits per heavy atom. The number of aromatic nitrogens is 5. The van der Waals surface area contributed by atoms with E-state index in [-0.39, 0.29) is 5.82 Å². The van der Waals surface area contributed by atoms with Gasteiger partial charge in [0.1, 0.15) is 24.1 Å². The summed E-state index contributed by atoms with van der Waals surface area (Å²) in [5, 5.41) is 9.61. The third-order valence-corrected chi connectivity index (χ3v) is 4.38. The van der Waals surface area contributed by atoms with Crippen molar-refractivity contribution in [3.05, 3.63) is 42.5 Å². The van der Waals surface area contributed by atoms with Crippen molar-refractivity contribution in [1.82, 2.24) is 24.7 Å². The molecule has 1 amide bonds. The molecule has 0 aromatic carbocycles. The number of carbonyl (C=O) groups is 1. The molecule has 2 N–H and O–H groups in total. The quantitative estimate of drug-likeness (QED) is 0.701. The molecule has 0 spiro atoms. The van der Waals surface area contributed by atoms with Crippen LogP contribution in [0.25, 0.3) is 11.3 Å². The van der Waals surface area contributed by atoms with Crippen LogP contribution < -0.4 is 10.6 Å². The van der Waals surface area contributed by atoms with Crippen LogP contribution in [0.5, 0.6) is 0 Å². The molecule has 3 aromatic rings. The largest absolute Gasteiger partial charge is 0.321 e. The van der Waals surface area contributed by atoms with Crippen LogP contribution in [-0.4, -0.2) is 43.0 Å². The first-order valence-corrected chi connectivity index (χ1v) is 8.57. The summed E-state index contributed by atoms with van der Waals surface area (Å²) in [6.45, 7) is 1.74. The van der Waals surface area contributed by atoms with Gasteiger partial charge in [0.2, 0.25) is 11.9 Å². The SMILES string of the molecule is Cc1cc(-c2ccnc(Nc3cnn(C)c3)n2)cnc1NC(=O)C1C(F)C1F. The molecule has 0 aliphatic heterocycles. The number of halogens is 2. The molecule has 0 bridgehead atoms. The third kappa shape index (κ3) is 3.53. The number of alkyl halides is 2. The number of hydrogen-bond donors (Lipinski definition) is 2. The average molecular weight is 385 g/mol. The van der Waals surface area contributed by atoms with Crippen LogP contribution in [0.3, 0.4) is 0 Å². The van der Waals surface area contributed by atoms with E-state index in [0.29, 0.717) is 22.8 Å². The lowest BCUT2D eigenvalue weighted by atomic mass is 10.1. The molecule has 1 aliphatic rings. The molecule has 1 saturated carbocycles. The van der Waals surface area contributed by atoms with Gasteiger partial charge in [-0.2, -0.15) is 5.10 Å². The van der Waals surface area contributed by atoms with E-state index in [0.717, 1.165) is 5.69 Å². The monoisotopic (exact) mass is 385 g/mol. The first-order valence-electron chi connectivity index (χ1n) is 8.57. The topological polar surface area (TPSA) is 97.6 Å². The van der Waals surface area contributed by atoms with Gasteiger partial charge >= 0.3 is 0 Å². The molecule has 2 atom stereocenters. The van der Waals surface area contributed by atoms with Gasteiger partial charge in [0, 0.05) is 31.2 Å². The fourth-order valence-electron chi connectivity index (χ4n) is 2.77. The Morgan fingerprint density at radius 1 is 1.21 bits per heavy atom. The lowest BCUT2D eigenvalue weighted by molar-refractivity contribution is -0.118. The molecular formula is C18H17F2N7O. The molecule has 2 unspecified atom stereocenters. The molecule has 3 aromatic heterocycles. The Hall–Kier alpha value is -3.43. The highest BCUT2D eigenvalue weighted by atomic mass is 19.2. The highest BCUT2D eigenvalue weighted by Gasteiger charge is 2.57. The van der Waals surface area contributed by atoms with Gasteiger partial charge in [-0.25, -0.2) is 23.7 Å². The van der Waals surface area contributed by atoms with E-state index in [2.05, 4.69) is 30.7 Å². The standard InChI is InChI=1S/C18H17F2N7O/c1-9-5-10(6-22-16(9)26-17(28)13-14(19)15(13)20)12-3-4-21-18(25-12)24-11-7-23-27(2)8-11/h3-8,13-15H,1-2H3,(H,21,24,25)(H,22,26,28). The fraction of sp³-hybridized carbons (Fsp3) is 0.278. The van der Waals surface area contributed by atoms with Crippen molar-refractivity contribution in [2.24, 2.45) is 13.0 Å². The maximum atomic E-state index is 13.0. The van der Waals surface area contributed by atoms with Gasteiger partial charge in [-0.3, -0.25) is 9.48 Å². The summed E-state index contributed by atoms with van der Waals surface area (Å²) < 4.78 is 27.7. The summed E-state index contributed by atoms with van der Waals surface area (Å²) in [7, 11) is 1.81. The molecule has 1 fully saturated rings. The smallest absolute Gasteiger partial charge is 0.234 e. The van der Waals surface area contributed by atoms with Gasteiger partial charge < -0.3 is 10.6 Å². The van der Waals surface area contributed by atoms with Crippen LogP contribution in [0.15, 0.2) is 36.9 Å². The maximum Gasteiger partial charge on any atom is 0.234 e. The molecule has 0 radical (unpaired) electrons. The lowest BCUT2D eigenvalue weighted by Gasteiger charge is -2.09. The van der Waals surface area contributed by atoms with Crippen molar-refractivity contribution in [3.8, 4) is 11.3 Å². The number of hydrogen-bond acceptors (Lipinski definition) is 6. The second-order valence-electron chi connectivity index (χ2n) is 6.59. The van der Waals surface area contributed by atoms with E-state index >= 15 is 0 Å². The third-order valence-electron chi connectivity index (χ3n) is 4.38. The summed E-state index contributed by atoms with van der Waals surface area (Å²) in [5.74, 6) is -1.28. The normalized spacial score (nSPS) is 20.6. The van der Waals surface area contributed by atoms with E-state index in [4.69, 9.17) is 0 Å². The van der Waals surface area contributed by atoms with Crippen molar-refractivity contribution in [2.45, 2.75) is 19.3 Å². The average Bonchev–Trinajstić information content (AvgIpc) is 3.06. The molecule has 4 rings (SSSR count). The van der Waals surface area contributed by atoms with E-state index < -0.39 is 24.2 Å². The second-order valence-corrected chi connectivity index (χ2v) is 6.59. The predicted octanol–water partition coefficient (Wildman–Crippen LogP) is 2.57. The van der Waals surface area contributed by atoms with Crippen molar-refractivity contribution < 1.29 is 13.6 Å². The van der Waals surface area contributed by atoms with Crippen LogP contribution >= 0.6 is 0 Å². The second kappa shape index (κ2) is 6.95. The zero-order chi connectivity index (χ0) is 19.8. The minimum atomic E-state index is -1.73. The van der Waals surface area contributed by atoms with Crippen LogP contribution in [0.2, 0.25) is 0 Å². The minimum absolute atomic E-state index is 0.266. The first-order chi connectivity index (χ1) is 13.4. The highest BCUT2D eigenvalue weighted by molar-refractivity contribution is 5.95. The number of rotatable bonds is 5. The van der Waals surface area contributed by atoms with Gasteiger partial charge in [-0.05, 0) is 24.6 Å². The lowest BCUT2D eigenvalue weighted by Crippen LogP contribution is -2.17. The van der Waals surface area contributed by atoms with E-state index in [1.54, 1.807) is 42.3 Å². The number of anilines is 3. The number of nitrogens with one attached hydrogen (secondary N) is 2. The van der Waals surface area contributed by atoms with Gasteiger partial charge in [0.25, 0.3) is 0 Å². The number of pyridine rings is 1. The van der Waals surface area contributed by atoms with E-state index in [1.165, 1.54) is 6.20 Å². The minimum Gasteiger partial charge on any atom is -0.321 e. The number of aryl methyl sites for hydroxylation is 2. The summed E-state index contributed by atoms with van der Waals surface area (Å²) in [6.07, 6.45) is 3.14. The molecular weight excluding hydrogens is 368 g/mol. The molecule has 1 aliphatic carbocycles. The Balaban J connectivity index is 1.51. The summed E-state index contributed by atoms with van der Waals surface area (Å²) >= 11 is 0. The zero-order valence-electron chi connectivity index (χ0n) is 15.1. The van der Waals surface area contributed by atoms with Crippen molar-refractivity contribution in [1.29, 1.82) is 0 Å². The van der Waals surface area contributed by atoms with Gasteiger partial charge in [0.15, 0.2) is 0 Å². The van der Waals surface area contributed by atoms with Crippen molar-refractivity contribution in [2.75, 3.05) is 10.6 Å². The van der Waals surface area contributed by atoms with Crippen LogP contribution in [0, 0.1) is 12.8 Å².